The molecule has 53 heavy (non-hydrogen) atoms. The quantitative estimate of drug-likeness (QED) is 0.183. The number of hydrogen-bond donors (Lipinski definition) is 0. The van der Waals surface area contributed by atoms with Crippen LogP contribution >= 0.6 is 0 Å². The summed E-state index contributed by atoms with van der Waals surface area (Å²) in [6.07, 6.45) is 0. The van der Waals surface area contributed by atoms with Crippen molar-refractivity contribution in [3.63, 3.8) is 0 Å². The van der Waals surface area contributed by atoms with E-state index in [4.69, 9.17) is 14.4 Å². The molecule has 5 heterocycles. The minimum Gasteiger partial charge on any atom is -0.450 e. The highest BCUT2D eigenvalue weighted by Gasteiger charge is 2.27. The summed E-state index contributed by atoms with van der Waals surface area (Å²) in [4.78, 5) is 10.7. The number of hydrogen-bond acceptors (Lipinski definition) is 3. The molecule has 0 N–H and O–H groups in total. The van der Waals surface area contributed by atoms with Crippen molar-refractivity contribution >= 4 is 104 Å². The first kappa shape index (κ1) is 27.5. The lowest BCUT2D eigenvalue weighted by Gasteiger charge is -2.11. The molecule has 0 amide bonds. The van der Waals surface area contributed by atoms with Crippen molar-refractivity contribution in [3.05, 3.63) is 158 Å². The Morgan fingerprint density at radius 3 is 2.00 bits per heavy atom. The van der Waals surface area contributed by atoms with Crippen molar-refractivity contribution in [2.24, 2.45) is 0 Å². The first-order valence-electron chi connectivity index (χ1n) is 18.0. The average Bonchev–Trinajstić information content (AvgIpc) is 3.96. The second kappa shape index (κ2) is 9.75. The minimum atomic E-state index is 0.661. The van der Waals surface area contributed by atoms with Crippen LogP contribution in [-0.2, 0) is 0 Å². The van der Waals surface area contributed by atoms with Gasteiger partial charge in [0.05, 0.1) is 27.6 Å². The summed E-state index contributed by atoms with van der Waals surface area (Å²) in [6, 6.07) is 56.3. The van der Waals surface area contributed by atoms with Gasteiger partial charge in [0.1, 0.15) is 11.1 Å². The summed E-state index contributed by atoms with van der Waals surface area (Å²) in [7, 11) is 0. The van der Waals surface area contributed by atoms with Gasteiger partial charge in [0.15, 0.2) is 17.2 Å². The maximum Gasteiger partial charge on any atom is 0.197 e. The third kappa shape index (κ3) is 3.46. The van der Waals surface area contributed by atoms with Crippen molar-refractivity contribution in [2.75, 3.05) is 0 Å². The molecule has 0 saturated carbocycles. The lowest BCUT2D eigenvalue weighted by Crippen LogP contribution is -2.02. The van der Waals surface area contributed by atoms with E-state index in [1.807, 2.05) is 18.2 Å². The molecule has 244 valence electrons. The predicted octanol–water partition coefficient (Wildman–Crippen LogP) is 12.6. The highest BCUT2D eigenvalue weighted by molar-refractivity contribution is 6.35. The monoisotopic (exact) mass is 674 g/mol. The van der Waals surface area contributed by atoms with Crippen molar-refractivity contribution in [1.82, 2.24) is 18.9 Å². The van der Waals surface area contributed by atoms with E-state index in [0.717, 1.165) is 44.3 Å². The van der Waals surface area contributed by atoms with E-state index in [1.165, 1.54) is 65.0 Å². The summed E-state index contributed by atoms with van der Waals surface area (Å²) < 4.78 is 11.6. The molecule has 5 heteroatoms. The number of furan rings is 1. The van der Waals surface area contributed by atoms with Crippen LogP contribution in [0.25, 0.3) is 121 Å². The fraction of sp³-hybridized carbons (Fsp3) is 0. The summed E-state index contributed by atoms with van der Waals surface area (Å²) in [6.45, 7) is 0. The molecule has 5 nitrogen and oxygen atoms in total. The number of fused-ring (bicyclic) bond motifs is 16. The van der Waals surface area contributed by atoms with Gasteiger partial charge < -0.3 is 8.82 Å². The molecule has 0 atom stereocenters. The number of aromatic nitrogens is 4. The normalized spacial score (nSPS) is 12.5. The second-order valence-electron chi connectivity index (χ2n) is 14.1. The molecule has 0 unspecified atom stereocenters. The third-order valence-electron chi connectivity index (χ3n) is 11.4. The molecule has 0 aliphatic rings. The molecule has 13 aromatic rings. The van der Waals surface area contributed by atoms with Crippen LogP contribution in [0.15, 0.2) is 162 Å². The Balaban J connectivity index is 1.26. The minimum absolute atomic E-state index is 0.661. The van der Waals surface area contributed by atoms with Gasteiger partial charge in [-0.05, 0) is 52.6 Å². The average molecular weight is 675 g/mol. The van der Waals surface area contributed by atoms with E-state index >= 15 is 0 Å². The lowest BCUT2D eigenvalue weighted by atomic mass is 10.0. The van der Waals surface area contributed by atoms with Crippen molar-refractivity contribution in [2.45, 2.75) is 0 Å². The molecule has 5 aromatic heterocycles. The van der Waals surface area contributed by atoms with E-state index in [0.29, 0.717) is 11.4 Å². The number of rotatable bonds is 2. The second-order valence-corrected chi connectivity index (χ2v) is 14.1. The first-order chi connectivity index (χ1) is 26.3. The van der Waals surface area contributed by atoms with Crippen molar-refractivity contribution < 1.29 is 4.42 Å². The van der Waals surface area contributed by atoms with Crippen LogP contribution in [0.3, 0.4) is 0 Å². The predicted molar refractivity (Wildman–Crippen MR) is 219 cm³/mol. The Kier molecular flexibility index (Phi) is 5.06. The summed E-state index contributed by atoms with van der Waals surface area (Å²) in [5, 5.41) is 13.1. The van der Waals surface area contributed by atoms with Crippen LogP contribution in [0.4, 0.5) is 0 Å². The van der Waals surface area contributed by atoms with Crippen LogP contribution in [0.5, 0.6) is 0 Å². The van der Waals surface area contributed by atoms with Crippen LogP contribution in [0.2, 0.25) is 0 Å². The van der Waals surface area contributed by atoms with E-state index in [1.54, 1.807) is 0 Å². The van der Waals surface area contributed by atoms with Gasteiger partial charge in [-0.3, -0.25) is 4.57 Å². The maximum absolute atomic E-state index is 6.75. The van der Waals surface area contributed by atoms with Crippen LogP contribution in [0.1, 0.15) is 0 Å². The third-order valence-corrected chi connectivity index (χ3v) is 11.4. The van der Waals surface area contributed by atoms with E-state index in [-0.39, 0.29) is 0 Å². The molecule has 0 saturated heterocycles. The molecular formula is C48H26N4O. The fourth-order valence-electron chi connectivity index (χ4n) is 9.16. The van der Waals surface area contributed by atoms with Gasteiger partial charge in [0, 0.05) is 48.7 Å². The fourth-order valence-corrected chi connectivity index (χ4v) is 9.16. The van der Waals surface area contributed by atoms with E-state index in [9.17, 15) is 0 Å². The summed E-state index contributed by atoms with van der Waals surface area (Å²) in [5.41, 5.74) is 9.06. The van der Waals surface area contributed by atoms with Crippen molar-refractivity contribution in [3.8, 4) is 17.2 Å². The molecule has 0 fully saturated rings. The zero-order chi connectivity index (χ0) is 34.4. The Hall–Kier alpha value is -7.24. The lowest BCUT2D eigenvalue weighted by molar-refractivity contribution is 0.662. The Morgan fingerprint density at radius 2 is 1.11 bits per heavy atom. The van der Waals surface area contributed by atoms with E-state index in [2.05, 4.69) is 148 Å². The van der Waals surface area contributed by atoms with Gasteiger partial charge in [-0.25, -0.2) is 9.97 Å². The number of nitrogens with zero attached hydrogens (tertiary/aromatic N) is 4. The van der Waals surface area contributed by atoms with Gasteiger partial charge in [-0.2, -0.15) is 0 Å². The highest BCUT2D eigenvalue weighted by Crippen LogP contribution is 2.48. The summed E-state index contributed by atoms with van der Waals surface area (Å²) in [5.74, 6) is 1.39. The molecule has 13 rings (SSSR count). The van der Waals surface area contributed by atoms with Crippen LogP contribution < -0.4 is 0 Å². The van der Waals surface area contributed by atoms with Gasteiger partial charge >= 0.3 is 0 Å². The molecule has 0 spiro atoms. The zero-order valence-electron chi connectivity index (χ0n) is 28.2. The standard InChI is InChI=1S/C48H26N4O/c1-2-13-29-25-30(22-21-27(29)11-1)47-49-42-35-17-7-10-20-40(35)53-46(42)48(50-47)52-38-18-8-5-15-32(38)36-26-37-33-24-23-28-12-3-4-14-31(28)43(33)51-39-19-9-6-16-34(39)41(44(37)51)45(36)52/h1-26H. The van der Waals surface area contributed by atoms with Gasteiger partial charge in [0.2, 0.25) is 0 Å². The molecule has 8 aromatic carbocycles. The van der Waals surface area contributed by atoms with Crippen LogP contribution in [-0.4, -0.2) is 18.9 Å². The van der Waals surface area contributed by atoms with Gasteiger partial charge in [-0.15, -0.1) is 0 Å². The summed E-state index contributed by atoms with van der Waals surface area (Å²) >= 11 is 0. The Morgan fingerprint density at radius 1 is 0.434 bits per heavy atom. The smallest absolute Gasteiger partial charge is 0.197 e. The van der Waals surface area contributed by atoms with Crippen molar-refractivity contribution in [1.29, 1.82) is 0 Å². The molecule has 0 aliphatic heterocycles. The Bertz CT molecular complexity index is 3700. The number of benzene rings is 8. The maximum atomic E-state index is 6.75. The van der Waals surface area contributed by atoms with E-state index < -0.39 is 0 Å². The first-order valence-corrected chi connectivity index (χ1v) is 18.0. The van der Waals surface area contributed by atoms with Gasteiger partial charge in [0.25, 0.3) is 0 Å². The molecular weight excluding hydrogens is 649 g/mol. The molecule has 0 radical (unpaired) electrons. The SMILES string of the molecule is c1ccc2cc(-c3nc(-n4c5ccccc5c5cc6c7ccc8ccccc8c7n7c8ccccc8c(c54)c67)c4oc5ccccc5c4n3)ccc2c1. The van der Waals surface area contributed by atoms with Gasteiger partial charge in [-0.1, -0.05) is 121 Å². The Labute approximate surface area is 300 Å². The number of para-hydroxylation sites is 3. The topological polar surface area (TPSA) is 48.3 Å². The molecule has 0 bridgehead atoms. The molecule has 0 aliphatic carbocycles. The highest BCUT2D eigenvalue weighted by atomic mass is 16.3. The zero-order valence-corrected chi connectivity index (χ0v) is 28.2. The van der Waals surface area contributed by atoms with Crippen LogP contribution in [0, 0.1) is 0 Å². The largest absolute Gasteiger partial charge is 0.450 e.